The number of rotatable bonds is 4. The molecule has 2 aromatic carbocycles. The number of hydrogen-bond acceptors (Lipinski definition) is 5. The Labute approximate surface area is 130 Å². The first-order valence-electron chi connectivity index (χ1n) is 6.71. The third kappa shape index (κ3) is 2.71. The third-order valence-electron chi connectivity index (χ3n) is 3.32. The van der Waals surface area contributed by atoms with Crippen molar-refractivity contribution in [1.82, 2.24) is 4.98 Å². The molecule has 0 aliphatic heterocycles. The average Bonchev–Trinajstić information content (AvgIpc) is 2.98. The molecule has 0 saturated heterocycles. The number of para-hydroxylation sites is 1. The van der Waals surface area contributed by atoms with Crippen LogP contribution < -0.4 is 4.74 Å². The molecular formula is C16H12N2O5. The van der Waals surface area contributed by atoms with Crippen LogP contribution in [0, 0.1) is 10.1 Å². The van der Waals surface area contributed by atoms with Crippen molar-refractivity contribution in [1.29, 1.82) is 0 Å². The highest BCUT2D eigenvalue weighted by Crippen LogP contribution is 2.34. The number of carbonyl (C=O) groups excluding carboxylic acids is 1. The molecule has 0 fully saturated rings. The number of aromatic nitrogens is 1. The van der Waals surface area contributed by atoms with Crippen LogP contribution in [0.2, 0.25) is 0 Å². The molecule has 0 unspecified atom stereocenters. The molecular weight excluding hydrogens is 300 g/mol. The highest BCUT2D eigenvalue weighted by Gasteiger charge is 2.21. The summed E-state index contributed by atoms with van der Waals surface area (Å²) < 4.78 is 10.3. The van der Waals surface area contributed by atoms with E-state index in [1.165, 1.54) is 19.4 Å². The van der Waals surface area contributed by atoms with E-state index < -0.39 is 10.9 Å². The van der Waals surface area contributed by atoms with Crippen LogP contribution in [0.15, 0.2) is 48.7 Å². The Bertz CT molecular complexity index is 886. The Morgan fingerprint density at radius 1 is 1.17 bits per heavy atom. The van der Waals surface area contributed by atoms with E-state index in [0.717, 1.165) is 0 Å². The van der Waals surface area contributed by atoms with Gasteiger partial charge in [0.1, 0.15) is 17.0 Å². The van der Waals surface area contributed by atoms with E-state index in [2.05, 4.69) is 4.98 Å². The molecule has 0 amide bonds. The van der Waals surface area contributed by atoms with E-state index in [0.29, 0.717) is 11.1 Å². The molecule has 0 bridgehead atoms. The first-order chi connectivity index (χ1) is 11.1. The maximum absolute atomic E-state index is 11.8. The number of benzene rings is 2. The van der Waals surface area contributed by atoms with Crippen LogP contribution in [-0.2, 0) is 4.74 Å². The van der Waals surface area contributed by atoms with E-state index >= 15 is 0 Å². The fraction of sp³-hybridized carbons (Fsp3) is 0.0625. The number of fused-ring (bicyclic) bond motifs is 1. The first kappa shape index (κ1) is 14.6. The van der Waals surface area contributed by atoms with Gasteiger partial charge in [-0.05, 0) is 18.2 Å². The molecule has 1 aromatic heterocycles. The Kier molecular flexibility index (Phi) is 3.68. The van der Waals surface area contributed by atoms with Crippen LogP contribution in [0.25, 0.3) is 10.9 Å². The predicted molar refractivity (Wildman–Crippen MR) is 82.8 cm³/mol. The van der Waals surface area contributed by atoms with Gasteiger partial charge in [0.05, 0.1) is 23.7 Å². The number of hydrogen-bond donors (Lipinski definition) is 1. The summed E-state index contributed by atoms with van der Waals surface area (Å²) in [6, 6.07) is 11.8. The summed E-state index contributed by atoms with van der Waals surface area (Å²) in [4.78, 5) is 25.3. The molecule has 1 heterocycles. The summed E-state index contributed by atoms with van der Waals surface area (Å²) >= 11 is 0. The summed E-state index contributed by atoms with van der Waals surface area (Å²) in [7, 11) is 1.25. The summed E-state index contributed by atoms with van der Waals surface area (Å²) in [6.45, 7) is 0. The number of H-pyrrole nitrogens is 1. The molecule has 1 N–H and O–H groups in total. The molecule has 23 heavy (non-hydrogen) atoms. The number of non-ortho nitro benzene ring substituents is 1. The number of nitrogens with one attached hydrogen (secondary N) is 1. The van der Waals surface area contributed by atoms with Gasteiger partial charge in [0, 0.05) is 11.6 Å². The van der Waals surface area contributed by atoms with Crippen LogP contribution in [0.3, 0.4) is 0 Å². The lowest BCUT2D eigenvalue weighted by Gasteiger charge is -2.06. The van der Waals surface area contributed by atoms with Gasteiger partial charge in [-0.15, -0.1) is 0 Å². The van der Waals surface area contributed by atoms with E-state index in [1.54, 1.807) is 30.3 Å². The lowest BCUT2D eigenvalue weighted by molar-refractivity contribution is -0.383. The Morgan fingerprint density at radius 2 is 1.91 bits per heavy atom. The van der Waals surface area contributed by atoms with Crippen LogP contribution in [0.5, 0.6) is 11.5 Å². The Morgan fingerprint density at radius 3 is 2.57 bits per heavy atom. The molecule has 0 aliphatic carbocycles. The number of methoxy groups -OCH3 is 1. The van der Waals surface area contributed by atoms with Gasteiger partial charge >= 0.3 is 5.97 Å². The van der Waals surface area contributed by atoms with Crippen molar-refractivity contribution in [2.45, 2.75) is 0 Å². The number of ether oxygens (including phenoxy) is 2. The third-order valence-corrected chi connectivity index (χ3v) is 3.32. The van der Waals surface area contributed by atoms with Gasteiger partial charge in [-0.2, -0.15) is 0 Å². The quantitative estimate of drug-likeness (QED) is 0.451. The zero-order valence-electron chi connectivity index (χ0n) is 12.1. The van der Waals surface area contributed by atoms with Gasteiger partial charge in [0.15, 0.2) is 0 Å². The molecule has 7 heteroatoms. The monoisotopic (exact) mass is 312 g/mol. The summed E-state index contributed by atoms with van der Waals surface area (Å²) in [6.07, 6.45) is 1.38. The number of carbonyl (C=O) groups is 1. The molecule has 0 spiro atoms. The smallest absolute Gasteiger partial charge is 0.340 e. The summed E-state index contributed by atoms with van der Waals surface area (Å²) in [5.41, 5.74) is 0.281. The SMILES string of the molecule is COC(=O)c1c[nH]c2c([N+](=O)[O-])cc(Oc3ccccc3)cc12. The molecule has 116 valence electrons. The number of esters is 1. The Hall–Kier alpha value is -3.35. The van der Waals surface area contributed by atoms with Gasteiger partial charge < -0.3 is 14.5 Å². The van der Waals surface area contributed by atoms with Crippen LogP contribution in [-0.4, -0.2) is 23.0 Å². The fourth-order valence-corrected chi connectivity index (χ4v) is 2.29. The van der Waals surface area contributed by atoms with Crippen molar-refractivity contribution in [3.63, 3.8) is 0 Å². The number of nitrogens with zero attached hydrogens (tertiary/aromatic N) is 1. The van der Waals surface area contributed by atoms with E-state index in [1.807, 2.05) is 6.07 Å². The summed E-state index contributed by atoms with van der Waals surface area (Å²) in [5, 5.41) is 11.7. The minimum atomic E-state index is -0.581. The van der Waals surface area contributed by atoms with Gasteiger partial charge in [-0.1, -0.05) is 18.2 Å². The minimum absolute atomic E-state index is 0.177. The van der Waals surface area contributed by atoms with Crippen molar-refractivity contribution in [3.8, 4) is 11.5 Å². The topological polar surface area (TPSA) is 94.5 Å². The zero-order valence-corrected chi connectivity index (χ0v) is 12.1. The van der Waals surface area contributed by atoms with Gasteiger partial charge in [0.2, 0.25) is 0 Å². The summed E-state index contributed by atoms with van der Waals surface area (Å²) in [5.74, 6) is 0.221. The van der Waals surface area contributed by atoms with Crippen molar-refractivity contribution in [2.24, 2.45) is 0 Å². The van der Waals surface area contributed by atoms with Crippen molar-refractivity contribution in [3.05, 3.63) is 64.3 Å². The van der Waals surface area contributed by atoms with Gasteiger partial charge in [-0.25, -0.2) is 4.79 Å². The van der Waals surface area contributed by atoms with E-state index in [-0.39, 0.29) is 22.5 Å². The van der Waals surface area contributed by atoms with Crippen molar-refractivity contribution >= 4 is 22.6 Å². The molecule has 0 radical (unpaired) electrons. The predicted octanol–water partition coefficient (Wildman–Crippen LogP) is 3.66. The van der Waals surface area contributed by atoms with Crippen molar-refractivity contribution in [2.75, 3.05) is 7.11 Å². The lowest BCUT2D eigenvalue weighted by atomic mass is 10.1. The highest BCUT2D eigenvalue weighted by molar-refractivity contribution is 6.06. The molecule has 0 atom stereocenters. The number of nitro groups is 1. The lowest BCUT2D eigenvalue weighted by Crippen LogP contribution is -2.00. The van der Waals surface area contributed by atoms with Crippen LogP contribution >= 0.6 is 0 Å². The number of nitro benzene ring substituents is 1. The Balaban J connectivity index is 2.15. The maximum Gasteiger partial charge on any atom is 0.340 e. The molecule has 7 nitrogen and oxygen atoms in total. The average molecular weight is 312 g/mol. The second kappa shape index (κ2) is 5.80. The largest absolute Gasteiger partial charge is 0.465 e. The standard InChI is InChI=1S/C16H12N2O5/c1-22-16(19)13-9-17-15-12(13)7-11(8-14(15)18(20)21)23-10-5-3-2-4-6-10/h2-9,17H,1H3. The second-order valence-electron chi connectivity index (χ2n) is 4.73. The zero-order chi connectivity index (χ0) is 16.4. The molecule has 3 aromatic rings. The highest BCUT2D eigenvalue weighted by atomic mass is 16.6. The second-order valence-corrected chi connectivity index (χ2v) is 4.73. The van der Waals surface area contributed by atoms with Crippen LogP contribution in [0.1, 0.15) is 10.4 Å². The fourth-order valence-electron chi connectivity index (χ4n) is 2.29. The minimum Gasteiger partial charge on any atom is -0.465 e. The molecule has 0 aliphatic rings. The van der Waals surface area contributed by atoms with Gasteiger partial charge in [-0.3, -0.25) is 10.1 Å². The maximum atomic E-state index is 11.8. The number of aromatic amines is 1. The van der Waals surface area contributed by atoms with Crippen LogP contribution in [0.4, 0.5) is 5.69 Å². The molecule has 3 rings (SSSR count). The first-order valence-corrected chi connectivity index (χ1v) is 6.71. The molecule has 0 saturated carbocycles. The van der Waals surface area contributed by atoms with Gasteiger partial charge in [0.25, 0.3) is 5.69 Å². The normalized spacial score (nSPS) is 10.5. The van der Waals surface area contributed by atoms with E-state index in [4.69, 9.17) is 9.47 Å². The van der Waals surface area contributed by atoms with E-state index in [9.17, 15) is 14.9 Å². The van der Waals surface area contributed by atoms with Crippen molar-refractivity contribution < 1.29 is 19.2 Å².